The van der Waals surface area contributed by atoms with Crippen LogP contribution in [0.1, 0.15) is 95.0 Å². The van der Waals surface area contributed by atoms with Crippen LogP contribution >= 0.6 is 80.6 Å². The summed E-state index contributed by atoms with van der Waals surface area (Å²) in [6, 6.07) is 62.6. The highest BCUT2D eigenvalue weighted by Crippen LogP contribution is 2.49. The lowest BCUT2D eigenvalue weighted by Gasteiger charge is -2.24. The topological polar surface area (TPSA) is 290 Å². The number of halogens is 3. The fourth-order valence-electron chi connectivity index (χ4n) is 13.0. The molecule has 3 unspecified atom stereocenters. The first-order chi connectivity index (χ1) is 55.9. The maximum atomic E-state index is 14.1. The number of thiophene rings is 1. The van der Waals surface area contributed by atoms with Gasteiger partial charge in [0, 0.05) is 38.3 Å². The lowest BCUT2D eigenvalue weighted by atomic mass is 9.94. The van der Waals surface area contributed by atoms with Gasteiger partial charge in [-0.1, -0.05) is 240 Å². The molecule has 21 nitrogen and oxygen atoms in total. The molecule has 3 aliphatic heterocycles. The van der Waals surface area contributed by atoms with Crippen LogP contribution in [0.15, 0.2) is 296 Å². The van der Waals surface area contributed by atoms with Crippen molar-refractivity contribution in [2.24, 2.45) is 0 Å². The Bertz CT molecular complexity index is 6260. The predicted molar refractivity (Wildman–Crippen MR) is 435 cm³/mol. The molecule has 3 aliphatic rings. The van der Waals surface area contributed by atoms with Crippen LogP contribution in [-0.2, 0) is 38.1 Å². The minimum Gasteiger partial charge on any atom is -0.503 e. The van der Waals surface area contributed by atoms with E-state index in [1.807, 2.05) is 109 Å². The largest absolute Gasteiger partial charge is 0.503 e. The quantitative estimate of drug-likeness (QED) is 0.0323. The number of thioether (sulfide) groups is 3. The van der Waals surface area contributed by atoms with E-state index in [9.17, 15) is 57.3 Å². The number of carbonyl (C=O) groups is 6. The van der Waals surface area contributed by atoms with Crippen molar-refractivity contribution in [1.82, 2.24) is 30.6 Å². The maximum Gasteiger partial charge on any atom is 0.296 e. The van der Waals surface area contributed by atoms with Gasteiger partial charge in [-0.05, 0) is 112 Å². The molecule has 0 saturated heterocycles. The van der Waals surface area contributed by atoms with Crippen molar-refractivity contribution < 1.29 is 70.5 Å². The SMILES string of the molecule is CCc1ccc(C2C(C(=O)c3cc4ccccc4o3)=C(O)C(=O)N2c2nnc(SCc3ccccc3F)s2)cc1.O=C(C1=C(O)C(=O)N(c2nnc(SCc3ccccc3)s2)C1c1cccs1)c1cc2ccccc2o1.O=C(C1=C(O)C(=O)N(c2nnc(SCc3ccccc3F)s2)C1c1ccc(F)cc1)c1cc2ccccc2o1. The Kier molecular flexibility index (Phi) is 22.2. The fourth-order valence-corrected chi connectivity index (χ4v) is 19.4. The Balaban J connectivity index is 0.000000130. The van der Waals surface area contributed by atoms with E-state index >= 15 is 0 Å². The van der Waals surface area contributed by atoms with Crippen LogP contribution in [0.25, 0.3) is 32.9 Å². The highest BCUT2D eigenvalue weighted by Gasteiger charge is 2.50. The van der Waals surface area contributed by atoms with Gasteiger partial charge < -0.3 is 28.6 Å². The van der Waals surface area contributed by atoms with Gasteiger partial charge >= 0.3 is 0 Å². The molecule has 15 aromatic rings. The van der Waals surface area contributed by atoms with Crippen LogP contribution in [0.2, 0.25) is 0 Å². The molecule has 572 valence electrons. The van der Waals surface area contributed by atoms with Gasteiger partial charge in [-0.25, -0.2) is 13.2 Å². The van der Waals surface area contributed by atoms with Crippen LogP contribution in [0.3, 0.4) is 0 Å². The van der Waals surface area contributed by atoms with E-state index in [0.717, 1.165) is 60.8 Å². The second-order valence-electron chi connectivity index (χ2n) is 25.7. The zero-order valence-electron chi connectivity index (χ0n) is 59.6. The summed E-state index contributed by atoms with van der Waals surface area (Å²) in [5.74, 6) is -5.96. The molecule has 0 fully saturated rings. The normalized spacial score (nSPS) is 15.6. The maximum absolute atomic E-state index is 14.1. The summed E-state index contributed by atoms with van der Waals surface area (Å²) in [6.45, 7) is 2.03. The molecule has 0 spiro atoms. The molecule has 0 aliphatic carbocycles. The summed E-state index contributed by atoms with van der Waals surface area (Å²) in [6.07, 6.45) is 0.818. The number of hydrogen-bond acceptors (Lipinski definition) is 25. The highest BCUT2D eigenvalue weighted by atomic mass is 32.2. The molecule has 0 radical (unpaired) electrons. The van der Waals surface area contributed by atoms with Gasteiger partial charge in [0.05, 0.1) is 28.8 Å². The number of hydrogen-bond donors (Lipinski definition) is 3. The summed E-state index contributed by atoms with van der Waals surface area (Å²) in [4.78, 5) is 85.7. The number of aromatic nitrogens is 6. The molecule has 31 heteroatoms. The number of para-hydroxylation sites is 3. The molecule has 7 aromatic heterocycles. The number of furan rings is 3. The Morgan fingerprint density at radius 2 is 0.774 bits per heavy atom. The molecule has 3 atom stereocenters. The number of nitrogens with zero attached hydrogens (tertiary/aromatic N) is 9. The number of aryl methyl sites for hydroxylation is 1. The van der Waals surface area contributed by atoms with E-state index in [1.54, 1.807) is 91.0 Å². The van der Waals surface area contributed by atoms with E-state index in [4.69, 9.17) is 13.3 Å². The van der Waals surface area contributed by atoms with Gasteiger partial charge in [0.1, 0.15) is 40.2 Å². The molecule has 3 N–H and O–H groups in total. The number of rotatable bonds is 22. The smallest absolute Gasteiger partial charge is 0.296 e. The Labute approximate surface area is 679 Å². The van der Waals surface area contributed by atoms with Crippen molar-refractivity contribution in [2.75, 3.05) is 14.7 Å². The van der Waals surface area contributed by atoms with Crippen molar-refractivity contribution in [3.8, 4) is 0 Å². The van der Waals surface area contributed by atoms with Crippen LogP contribution in [-0.4, -0.2) is 81.0 Å². The standard InChI is InChI=1S/C30H22FN3O4S2.C28H17F2N3O4S2.C26H17N3O4S3/c1-2-17-11-13-18(14-12-17)25-24(26(35)23-15-19-7-4-6-10-22(19)38-23)27(36)28(37)34(25)29-32-33-30(40-29)39-16-20-8-3-5-9-21(20)31;29-18-11-9-15(10-12-18)23-22(24(34)21-13-16-5-2-4-8-20(16)37-21)25(35)26(36)33(23)27-31-32-28(39-27)38-14-17-6-1-3-7-19(17)30;30-22(18-13-16-9-4-5-10-17(16)33-18)20-21(19-11-6-12-34-19)29(24(32)23(20)31)25-27-28-26(36-25)35-14-15-7-2-1-3-8-15/h3-15,25,36H,2,16H2,1H3;1-13,23,35H,14H2;1-13,21,31H,14H2. The number of anilines is 3. The van der Waals surface area contributed by atoms with Crippen LogP contribution in [0.5, 0.6) is 0 Å². The lowest BCUT2D eigenvalue weighted by Crippen LogP contribution is -2.31. The number of ketones is 3. The number of aliphatic hydroxyl groups excluding tert-OH is 3. The second kappa shape index (κ2) is 33.4. The zero-order valence-corrected chi connectivity index (χ0v) is 65.3. The van der Waals surface area contributed by atoms with Crippen molar-refractivity contribution in [3.05, 3.63) is 343 Å². The van der Waals surface area contributed by atoms with Crippen LogP contribution < -0.4 is 14.7 Å². The zero-order chi connectivity index (χ0) is 79.5. The number of carbonyl (C=O) groups excluding carboxylic acids is 6. The molecule has 0 bridgehead atoms. The second-order valence-corrected chi connectivity index (χ2v) is 33.2. The third-order valence-corrected chi connectivity index (χ3v) is 25.9. The minimum atomic E-state index is -1.11. The monoisotopic (exact) mass is 1660 g/mol. The summed E-state index contributed by atoms with van der Waals surface area (Å²) < 4.78 is 60.8. The summed E-state index contributed by atoms with van der Waals surface area (Å²) in [5, 5.41) is 62.7. The Hall–Kier alpha value is -12.4. The van der Waals surface area contributed by atoms with Crippen molar-refractivity contribution in [2.45, 2.75) is 61.7 Å². The number of amides is 3. The molecule has 18 rings (SSSR count). The number of aliphatic hydroxyl groups is 3. The van der Waals surface area contributed by atoms with E-state index in [-0.39, 0.29) is 61.7 Å². The first-order valence-corrected chi connectivity index (χ1v) is 41.4. The molecular formula is C84H56F3N9O12S7. The lowest BCUT2D eigenvalue weighted by molar-refractivity contribution is -0.117. The third-order valence-electron chi connectivity index (χ3n) is 18.6. The van der Waals surface area contributed by atoms with Crippen molar-refractivity contribution in [1.29, 1.82) is 0 Å². The van der Waals surface area contributed by atoms with E-state index in [1.165, 1.54) is 110 Å². The Morgan fingerprint density at radius 1 is 0.409 bits per heavy atom. The average Bonchev–Trinajstić information content (AvgIpc) is 1.60. The summed E-state index contributed by atoms with van der Waals surface area (Å²) in [5.41, 5.74) is 5.45. The number of fused-ring (bicyclic) bond motifs is 3. The van der Waals surface area contributed by atoms with Gasteiger partial charge in [-0.2, -0.15) is 0 Å². The van der Waals surface area contributed by atoms with Gasteiger partial charge in [-0.3, -0.25) is 43.5 Å². The van der Waals surface area contributed by atoms with Gasteiger partial charge in [0.25, 0.3) is 17.7 Å². The van der Waals surface area contributed by atoms with E-state index < -0.39 is 76.3 Å². The minimum absolute atomic E-state index is 0.0194. The molecular weight excluding hydrogens is 1610 g/mol. The van der Waals surface area contributed by atoms with Gasteiger partial charge in [-0.15, -0.1) is 41.9 Å². The first-order valence-electron chi connectivity index (χ1n) is 35.1. The van der Waals surface area contributed by atoms with E-state index in [2.05, 4.69) is 30.6 Å². The molecule has 8 aromatic carbocycles. The molecule has 3 amide bonds. The van der Waals surface area contributed by atoms with Crippen LogP contribution in [0, 0.1) is 17.5 Å². The number of benzene rings is 8. The van der Waals surface area contributed by atoms with E-state index in [0.29, 0.717) is 74.0 Å². The summed E-state index contributed by atoms with van der Waals surface area (Å²) in [7, 11) is 0. The molecule has 0 saturated carbocycles. The number of Topliss-reactive ketones (excluding diaryl/α,β-unsaturated/α-hetero) is 3. The third kappa shape index (κ3) is 15.7. The molecule has 115 heavy (non-hydrogen) atoms. The van der Waals surface area contributed by atoms with Gasteiger partial charge in [0.15, 0.2) is 47.6 Å². The Morgan fingerprint density at radius 3 is 1.17 bits per heavy atom. The highest BCUT2D eigenvalue weighted by molar-refractivity contribution is 8.00. The van der Waals surface area contributed by atoms with Crippen LogP contribution in [0.4, 0.5) is 28.6 Å². The molecule has 10 heterocycles. The van der Waals surface area contributed by atoms with Crippen molar-refractivity contribution >= 4 is 164 Å². The van der Waals surface area contributed by atoms with Gasteiger partial charge in [0.2, 0.25) is 32.7 Å². The average molecular weight is 1660 g/mol. The fraction of sp³-hybridized carbons (Fsp3) is 0.0952. The first kappa shape index (κ1) is 76.6. The summed E-state index contributed by atoms with van der Waals surface area (Å²) >= 11 is 8.85. The van der Waals surface area contributed by atoms with Crippen molar-refractivity contribution in [3.63, 3.8) is 0 Å². The predicted octanol–water partition coefficient (Wildman–Crippen LogP) is 20.1.